The van der Waals surface area contributed by atoms with Crippen LogP contribution in [0.1, 0.15) is 56.4 Å². The van der Waals surface area contributed by atoms with Crippen LogP contribution in [-0.4, -0.2) is 0 Å². The van der Waals surface area contributed by atoms with E-state index in [0.29, 0.717) is 0 Å². The standard InChI is InChI=1S/C51H48N2/c1-6-11-40-19-30-47(31-20-40)52(45-15-10-12-38(2)16-27-45)49-34-23-43(24-35-49)51(4,5)44-25-36-50(37-26-44)53(46-28-17-39(3)18-29-46)48-32-21-42(22-33-48)41-13-8-7-9-14-41/h6-9,11-37H,10H2,1-5H3/b11-6+. The molecule has 0 bridgehead atoms. The molecule has 0 aliphatic heterocycles. The van der Waals surface area contributed by atoms with Gasteiger partial charge in [0.2, 0.25) is 0 Å². The predicted molar refractivity (Wildman–Crippen MR) is 229 cm³/mol. The maximum Gasteiger partial charge on any atom is 0.0462 e. The first-order chi connectivity index (χ1) is 25.8. The van der Waals surface area contributed by atoms with Crippen molar-refractivity contribution in [1.29, 1.82) is 0 Å². The van der Waals surface area contributed by atoms with E-state index in [2.05, 4.69) is 233 Å². The van der Waals surface area contributed by atoms with Gasteiger partial charge in [-0.3, -0.25) is 0 Å². The van der Waals surface area contributed by atoms with Crippen LogP contribution < -0.4 is 9.80 Å². The van der Waals surface area contributed by atoms with Gasteiger partial charge in [0.05, 0.1) is 0 Å². The second-order valence-electron chi connectivity index (χ2n) is 14.4. The average Bonchev–Trinajstić information content (AvgIpc) is 3.41. The van der Waals surface area contributed by atoms with Crippen LogP contribution in [0.2, 0.25) is 0 Å². The van der Waals surface area contributed by atoms with E-state index < -0.39 is 0 Å². The topological polar surface area (TPSA) is 6.48 Å². The van der Waals surface area contributed by atoms with E-state index in [1.165, 1.54) is 44.7 Å². The fraction of sp³-hybridized carbons (Fsp3) is 0.137. The quantitative estimate of drug-likeness (QED) is 0.141. The second-order valence-corrected chi connectivity index (χ2v) is 14.4. The van der Waals surface area contributed by atoms with Crippen LogP contribution >= 0.6 is 0 Å². The lowest BCUT2D eigenvalue weighted by atomic mass is 9.78. The number of hydrogen-bond donors (Lipinski definition) is 0. The average molecular weight is 689 g/mol. The highest BCUT2D eigenvalue weighted by Gasteiger charge is 2.25. The molecule has 53 heavy (non-hydrogen) atoms. The van der Waals surface area contributed by atoms with Crippen LogP contribution in [0.3, 0.4) is 0 Å². The minimum Gasteiger partial charge on any atom is -0.311 e. The van der Waals surface area contributed by atoms with E-state index >= 15 is 0 Å². The van der Waals surface area contributed by atoms with E-state index in [-0.39, 0.29) is 5.41 Å². The Morgan fingerprint density at radius 2 is 0.962 bits per heavy atom. The number of benzene rings is 6. The molecule has 0 spiro atoms. The highest BCUT2D eigenvalue weighted by Crippen LogP contribution is 2.40. The third-order valence-electron chi connectivity index (χ3n) is 10.3. The Bertz CT molecular complexity index is 2250. The Morgan fingerprint density at radius 3 is 1.51 bits per heavy atom. The summed E-state index contributed by atoms with van der Waals surface area (Å²) in [5, 5.41) is 0. The van der Waals surface area contributed by atoms with E-state index in [0.717, 1.165) is 34.9 Å². The lowest BCUT2D eigenvalue weighted by Gasteiger charge is -2.30. The van der Waals surface area contributed by atoms with Gasteiger partial charge in [-0.2, -0.15) is 0 Å². The second kappa shape index (κ2) is 15.6. The van der Waals surface area contributed by atoms with Crippen molar-refractivity contribution in [3.63, 3.8) is 0 Å². The minimum absolute atomic E-state index is 0.204. The number of allylic oxidation sites excluding steroid dienone is 6. The van der Waals surface area contributed by atoms with Crippen molar-refractivity contribution >= 4 is 34.5 Å². The van der Waals surface area contributed by atoms with Crippen LogP contribution in [0.15, 0.2) is 193 Å². The van der Waals surface area contributed by atoms with Crippen molar-refractivity contribution in [3.8, 4) is 11.1 Å². The smallest absolute Gasteiger partial charge is 0.0462 e. The molecule has 0 radical (unpaired) electrons. The number of nitrogens with zero attached hydrogens (tertiary/aromatic N) is 2. The molecular weight excluding hydrogens is 641 g/mol. The number of hydrogen-bond acceptors (Lipinski definition) is 2. The van der Waals surface area contributed by atoms with Crippen molar-refractivity contribution in [3.05, 3.63) is 216 Å². The molecule has 7 rings (SSSR count). The van der Waals surface area contributed by atoms with Crippen molar-refractivity contribution in [2.45, 2.75) is 46.5 Å². The summed E-state index contributed by atoms with van der Waals surface area (Å²) in [6, 6.07) is 55.2. The molecule has 0 aromatic heterocycles. The largest absolute Gasteiger partial charge is 0.311 e. The molecule has 6 aromatic carbocycles. The minimum atomic E-state index is -0.204. The summed E-state index contributed by atoms with van der Waals surface area (Å²) in [7, 11) is 0. The Labute approximate surface area is 316 Å². The molecule has 0 amide bonds. The Hall–Kier alpha value is -6.12. The SMILES string of the molecule is C/C=C/c1ccc(N(C2=CCC=C(C)C=C2)c2ccc(C(C)(C)c3ccc(N(c4ccc(C)cc4)c4ccc(-c5ccccc5)cc4)cc3)cc2)cc1. The molecule has 1 aliphatic carbocycles. The summed E-state index contributed by atoms with van der Waals surface area (Å²) in [6.45, 7) is 11.0. The summed E-state index contributed by atoms with van der Waals surface area (Å²) in [6.07, 6.45) is 14.1. The van der Waals surface area contributed by atoms with Gasteiger partial charge in [0.1, 0.15) is 0 Å². The number of anilines is 5. The fourth-order valence-electron chi connectivity index (χ4n) is 7.05. The highest BCUT2D eigenvalue weighted by atomic mass is 15.1. The van der Waals surface area contributed by atoms with Crippen LogP contribution in [-0.2, 0) is 5.41 Å². The van der Waals surface area contributed by atoms with Gasteiger partial charge in [0.15, 0.2) is 0 Å². The summed E-state index contributed by atoms with van der Waals surface area (Å²) in [5.74, 6) is 0. The zero-order valence-electron chi connectivity index (χ0n) is 31.5. The third-order valence-corrected chi connectivity index (χ3v) is 10.3. The van der Waals surface area contributed by atoms with Gasteiger partial charge in [-0.25, -0.2) is 0 Å². The number of aryl methyl sites for hydroxylation is 1. The fourth-order valence-corrected chi connectivity index (χ4v) is 7.05. The molecule has 0 N–H and O–H groups in total. The third kappa shape index (κ3) is 7.88. The first-order valence-corrected chi connectivity index (χ1v) is 18.6. The molecule has 262 valence electrons. The predicted octanol–water partition coefficient (Wildman–Crippen LogP) is 14.4. The van der Waals surface area contributed by atoms with E-state index in [1.54, 1.807) is 0 Å². The van der Waals surface area contributed by atoms with Crippen molar-refractivity contribution < 1.29 is 0 Å². The molecule has 0 atom stereocenters. The first-order valence-electron chi connectivity index (χ1n) is 18.6. The van der Waals surface area contributed by atoms with Crippen LogP contribution in [0.25, 0.3) is 17.2 Å². The maximum atomic E-state index is 2.36. The first kappa shape index (κ1) is 35.3. The molecular formula is C51H48N2. The van der Waals surface area contributed by atoms with Crippen LogP contribution in [0.5, 0.6) is 0 Å². The summed E-state index contributed by atoms with van der Waals surface area (Å²) in [5.41, 5.74) is 15.3. The Morgan fingerprint density at radius 1 is 0.491 bits per heavy atom. The van der Waals surface area contributed by atoms with E-state index in [1.807, 2.05) is 0 Å². The van der Waals surface area contributed by atoms with Gasteiger partial charge in [-0.15, -0.1) is 0 Å². The zero-order chi connectivity index (χ0) is 36.8. The molecule has 1 aliphatic rings. The normalized spacial score (nSPS) is 13.0. The molecule has 0 heterocycles. The van der Waals surface area contributed by atoms with Gasteiger partial charge in [0.25, 0.3) is 0 Å². The van der Waals surface area contributed by atoms with Gasteiger partial charge in [-0.05, 0) is 122 Å². The van der Waals surface area contributed by atoms with Crippen molar-refractivity contribution in [1.82, 2.24) is 0 Å². The summed E-state index contributed by atoms with van der Waals surface area (Å²) >= 11 is 0. The van der Waals surface area contributed by atoms with E-state index in [9.17, 15) is 0 Å². The zero-order valence-corrected chi connectivity index (χ0v) is 31.5. The molecule has 0 unspecified atom stereocenters. The monoisotopic (exact) mass is 688 g/mol. The highest BCUT2D eigenvalue weighted by molar-refractivity contribution is 5.79. The van der Waals surface area contributed by atoms with Crippen molar-refractivity contribution in [2.75, 3.05) is 9.80 Å². The lowest BCUT2D eigenvalue weighted by Crippen LogP contribution is -2.20. The molecule has 0 saturated carbocycles. The van der Waals surface area contributed by atoms with Gasteiger partial charge < -0.3 is 9.80 Å². The van der Waals surface area contributed by atoms with Crippen molar-refractivity contribution in [2.24, 2.45) is 0 Å². The summed E-state index contributed by atoms with van der Waals surface area (Å²) < 4.78 is 0. The molecule has 0 saturated heterocycles. The molecule has 2 nitrogen and oxygen atoms in total. The molecule has 6 aromatic rings. The Kier molecular flexibility index (Phi) is 10.4. The lowest BCUT2D eigenvalue weighted by molar-refractivity contribution is 0.641. The van der Waals surface area contributed by atoms with Gasteiger partial charge in [0, 0.05) is 39.5 Å². The Balaban J connectivity index is 1.18. The van der Waals surface area contributed by atoms with Crippen LogP contribution in [0.4, 0.5) is 28.4 Å². The van der Waals surface area contributed by atoms with Gasteiger partial charge >= 0.3 is 0 Å². The molecule has 0 fully saturated rings. The summed E-state index contributed by atoms with van der Waals surface area (Å²) in [4.78, 5) is 4.70. The number of rotatable bonds is 10. The van der Waals surface area contributed by atoms with E-state index in [4.69, 9.17) is 0 Å². The molecule has 2 heteroatoms. The maximum absolute atomic E-state index is 2.36. The van der Waals surface area contributed by atoms with Gasteiger partial charge in [-0.1, -0.05) is 146 Å². The van der Waals surface area contributed by atoms with Crippen LogP contribution in [0, 0.1) is 6.92 Å².